The van der Waals surface area contributed by atoms with Crippen LogP contribution in [0.2, 0.25) is 0 Å². The van der Waals surface area contributed by atoms with Crippen LogP contribution in [0.3, 0.4) is 0 Å². The van der Waals surface area contributed by atoms with Gasteiger partial charge in [-0.05, 0) is 36.5 Å². The Morgan fingerprint density at radius 1 is 1.50 bits per heavy atom. The minimum Gasteiger partial charge on any atom is -0.352 e. The molecule has 1 aromatic heterocycles. The number of carbonyl (C=O) groups is 2. The fourth-order valence-electron chi connectivity index (χ4n) is 2.49. The summed E-state index contributed by atoms with van der Waals surface area (Å²) in [5, 5.41) is 7.17. The van der Waals surface area contributed by atoms with Gasteiger partial charge in [0, 0.05) is 18.7 Å². The van der Waals surface area contributed by atoms with Crippen LogP contribution in [0.4, 0.5) is 0 Å². The van der Waals surface area contributed by atoms with Gasteiger partial charge in [0.25, 0.3) is 0 Å². The summed E-state index contributed by atoms with van der Waals surface area (Å²) in [5.74, 6) is 1.30. The van der Waals surface area contributed by atoms with Crippen LogP contribution in [0.15, 0.2) is 16.8 Å². The molecule has 1 aromatic rings. The number of hydrogen-bond acceptors (Lipinski definition) is 5. The van der Waals surface area contributed by atoms with Crippen LogP contribution < -0.4 is 5.32 Å². The van der Waals surface area contributed by atoms with Crippen LogP contribution in [0.1, 0.15) is 24.9 Å². The van der Waals surface area contributed by atoms with Crippen molar-refractivity contribution < 1.29 is 9.59 Å². The summed E-state index contributed by atoms with van der Waals surface area (Å²) in [6.45, 7) is 2.39. The van der Waals surface area contributed by atoms with Crippen molar-refractivity contribution in [3.63, 3.8) is 0 Å². The second-order valence-corrected chi connectivity index (χ2v) is 7.29. The summed E-state index contributed by atoms with van der Waals surface area (Å²) in [6, 6.07) is 1.90. The molecule has 0 unspecified atom stereocenters. The molecule has 2 rings (SSSR count). The molecule has 0 spiro atoms. The minimum atomic E-state index is -0.331. The number of rotatable bonds is 6. The molecule has 1 aliphatic rings. The fraction of sp³-hybridized carbons (Fsp3) is 0.600. The first-order valence-electron chi connectivity index (χ1n) is 7.38. The molecule has 2 amide bonds. The summed E-state index contributed by atoms with van der Waals surface area (Å²) in [4.78, 5) is 28.1. The number of thiophene rings is 1. The van der Waals surface area contributed by atoms with Gasteiger partial charge >= 0.3 is 0 Å². The van der Waals surface area contributed by atoms with Crippen molar-refractivity contribution in [1.82, 2.24) is 15.1 Å². The van der Waals surface area contributed by atoms with E-state index in [2.05, 4.69) is 21.7 Å². The van der Waals surface area contributed by atoms with Crippen LogP contribution >= 0.6 is 23.1 Å². The van der Waals surface area contributed by atoms with Crippen molar-refractivity contribution in [2.75, 3.05) is 32.3 Å². The summed E-state index contributed by atoms with van der Waals surface area (Å²) in [5.41, 5.74) is 1.21. The third-order valence-corrected chi connectivity index (χ3v) is 5.54. The number of nitrogens with one attached hydrogen (secondary N) is 1. The van der Waals surface area contributed by atoms with E-state index in [1.54, 1.807) is 28.0 Å². The molecule has 7 heteroatoms. The van der Waals surface area contributed by atoms with E-state index in [0.29, 0.717) is 24.6 Å². The van der Waals surface area contributed by atoms with Gasteiger partial charge in [0.05, 0.1) is 11.9 Å². The van der Waals surface area contributed by atoms with Gasteiger partial charge in [-0.15, -0.1) is 11.8 Å². The molecule has 2 heterocycles. The summed E-state index contributed by atoms with van der Waals surface area (Å²) >= 11 is 3.29. The minimum absolute atomic E-state index is 0.0473. The Hall–Kier alpha value is -1.05. The lowest BCUT2D eigenvalue weighted by atomic mass is 10.1. The predicted octanol–water partition coefficient (Wildman–Crippen LogP) is 1.78. The first kappa shape index (κ1) is 17.3. The number of nitrogens with zero attached hydrogens (tertiary/aromatic N) is 2. The highest BCUT2D eigenvalue weighted by Crippen LogP contribution is 2.23. The Morgan fingerprint density at radius 2 is 2.27 bits per heavy atom. The maximum atomic E-state index is 12.4. The molecule has 0 bridgehead atoms. The lowest BCUT2D eigenvalue weighted by molar-refractivity contribution is -0.137. The van der Waals surface area contributed by atoms with Crippen LogP contribution in [0.25, 0.3) is 0 Å². The van der Waals surface area contributed by atoms with Crippen LogP contribution in [0, 0.1) is 0 Å². The third-order valence-electron chi connectivity index (χ3n) is 3.83. The van der Waals surface area contributed by atoms with E-state index in [1.807, 2.05) is 26.4 Å². The molecule has 0 radical (unpaired) electrons. The van der Waals surface area contributed by atoms with Gasteiger partial charge in [0.15, 0.2) is 0 Å². The van der Waals surface area contributed by atoms with E-state index in [9.17, 15) is 9.59 Å². The van der Waals surface area contributed by atoms with E-state index in [0.717, 1.165) is 0 Å². The summed E-state index contributed by atoms with van der Waals surface area (Å²) in [7, 11) is 4.01. The number of likely N-dealkylation sites (N-methyl/N-ethyl adjacent to an activating group) is 1. The average Bonchev–Trinajstić information content (AvgIpc) is 3.17. The number of carbonyl (C=O) groups excluding carboxylic acids is 2. The molecule has 1 aliphatic heterocycles. The highest BCUT2D eigenvalue weighted by atomic mass is 32.2. The van der Waals surface area contributed by atoms with Crippen LogP contribution in [0.5, 0.6) is 0 Å². The SMILES string of the molecule is CCC(=O)N1CSC[C@H]1C(=O)NC[C@@H](c1ccsc1)N(C)C. The molecule has 0 saturated carbocycles. The zero-order valence-corrected chi connectivity index (χ0v) is 14.9. The van der Waals surface area contributed by atoms with Gasteiger partial charge in [0.1, 0.15) is 6.04 Å². The van der Waals surface area contributed by atoms with Gasteiger partial charge in [-0.25, -0.2) is 0 Å². The standard InChI is InChI=1S/C15H23N3O2S2/c1-4-14(19)18-10-22-9-13(18)15(20)16-7-12(17(2)3)11-5-6-21-8-11/h5-6,8,12-13H,4,7,9-10H2,1-3H3,(H,16,20)/t12-,13-/m0/s1. The van der Waals surface area contributed by atoms with Crippen molar-refractivity contribution in [1.29, 1.82) is 0 Å². The van der Waals surface area contributed by atoms with Gasteiger partial charge in [-0.2, -0.15) is 11.3 Å². The van der Waals surface area contributed by atoms with Gasteiger partial charge in [-0.3, -0.25) is 9.59 Å². The van der Waals surface area contributed by atoms with Crippen LogP contribution in [-0.2, 0) is 9.59 Å². The number of hydrogen-bond donors (Lipinski definition) is 1. The van der Waals surface area contributed by atoms with Crippen molar-refractivity contribution >= 4 is 34.9 Å². The van der Waals surface area contributed by atoms with E-state index in [1.165, 1.54) is 5.56 Å². The zero-order chi connectivity index (χ0) is 16.1. The van der Waals surface area contributed by atoms with E-state index in [-0.39, 0.29) is 23.9 Å². The summed E-state index contributed by atoms with van der Waals surface area (Å²) < 4.78 is 0. The fourth-order valence-corrected chi connectivity index (χ4v) is 4.37. The predicted molar refractivity (Wildman–Crippen MR) is 92.0 cm³/mol. The van der Waals surface area contributed by atoms with E-state index in [4.69, 9.17) is 0 Å². The van der Waals surface area contributed by atoms with Gasteiger partial charge in [-0.1, -0.05) is 6.92 Å². The monoisotopic (exact) mass is 341 g/mol. The molecular weight excluding hydrogens is 318 g/mol. The smallest absolute Gasteiger partial charge is 0.243 e. The van der Waals surface area contributed by atoms with E-state index >= 15 is 0 Å². The van der Waals surface area contributed by atoms with Crippen molar-refractivity contribution in [3.05, 3.63) is 22.4 Å². The number of thioether (sulfide) groups is 1. The van der Waals surface area contributed by atoms with Crippen molar-refractivity contribution in [3.8, 4) is 0 Å². The van der Waals surface area contributed by atoms with Crippen molar-refractivity contribution in [2.45, 2.75) is 25.4 Å². The Bertz CT molecular complexity index is 505. The van der Waals surface area contributed by atoms with Gasteiger partial charge < -0.3 is 15.1 Å². The molecule has 22 heavy (non-hydrogen) atoms. The molecule has 1 fully saturated rings. The molecule has 0 aromatic carbocycles. The van der Waals surface area contributed by atoms with Gasteiger partial charge in [0.2, 0.25) is 11.8 Å². The maximum Gasteiger partial charge on any atom is 0.243 e. The molecule has 2 atom stereocenters. The second-order valence-electron chi connectivity index (χ2n) is 5.51. The normalized spacial score (nSPS) is 19.5. The highest BCUT2D eigenvalue weighted by Gasteiger charge is 2.34. The van der Waals surface area contributed by atoms with E-state index < -0.39 is 0 Å². The lowest BCUT2D eigenvalue weighted by Gasteiger charge is -2.26. The Labute approximate surface area is 140 Å². The third kappa shape index (κ3) is 4.02. The van der Waals surface area contributed by atoms with Crippen molar-refractivity contribution in [2.24, 2.45) is 0 Å². The molecular formula is C15H23N3O2S2. The average molecular weight is 342 g/mol. The Kier molecular flexibility index (Phi) is 6.28. The number of amides is 2. The topological polar surface area (TPSA) is 52.7 Å². The lowest BCUT2D eigenvalue weighted by Crippen LogP contribution is -2.48. The highest BCUT2D eigenvalue weighted by molar-refractivity contribution is 7.99. The first-order valence-corrected chi connectivity index (χ1v) is 9.47. The quantitative estimate of drug-likeness (QED) is 0.857. The Morgan fingerprint density at radius 3 is 2.86 bits per heavy atom. The van der Waals surface area contributed by atoms with Crippen LogP contribution in [-0.4, -0.2) is 59.9 Å². The molecule has 122 valence electrons. The molecule has 5 nitrogen and oxygen atoms in total. The first-order chi connectivity index (χ1) is 10.5. The Balaban J connectivity index is 1.95. The summed E-state index contributed by atoms with van der Waals surface area (Å²) in [6.07, 6.45) is 0.444. The molecule has 0 aliphatic carbocycles. The second kappa shape index (κ2) is 7.99. The molecule has 1 N–H and O–H groups in total. The zero-order valence-electron chi connectivity index (χ0n) is 13.2. The maximum absolute atomic E-state index is 12.4. The molecule has 1 saturated heterocycles. The largest absolute Gasteiger partial charge is 0.352 e.